The minimum atomic E-state index is -0.0345. The molecule has 0 spiro atoms. The van der Waals surface area contributed by atoms with Gasteiger partial charge in [0.1, 0.15) is 0 Å². The van der Waals surface area contributed by atoms with Gasteiger partial charge in [0.2, 0.25) is 0 Å². The molecule has 1 aliphatic heterocycles. The highest BCUT2D eigenvalue weighted by atomic mass is 31.1. The van der Waals surface area contributed by atoms with Crippen molar-refractivity contribution in [3.05, 3.63) is 11.9 Å². The summed E-state index contributed by atoms with van der Waals surface area (Å²) in [4.78, 5) is 10.4. The van der Waals surface area contributed by atoms with E-state index in [1.54, 1.807) is 6.08 Å². The number of hydrogen-bond acceptors (Lipinski definition) is 1. The lowest BCUT2D eigenvalue weighted by Gasteiger charge is -1.90. The lowest BCUT2D eigenvalue weighted by molar-refractivity contribution is -0.112. The molecule has 0 radical (unpaired) electrons. The average molecular weight is 114 g/mol. The Bertz CT molecular complexity index is 117. The van der Waals surface area contributed by atoms with E-state index >= 15 is 0 Å². The van der Waals surface area contributed by atoms with Gasteiger partial charge in [0, 0.05) is 6.16 Å². The van der Waals surface area contributed by atoms with Crippen molar-refractivity contribution in [3.8, 4) is 0 Å². The fourth-order valence-electron chi connectivity index (χ4n) is 0.562. The van der Waals surface area contributed by atoms with Gasteiger partial charge < -0.3 is 0 Å². The Hall–Kier alpha value is -0.160. The van der Waals surface area contributed by atoms with Crippen LogP contribution in [0.3, 0.4) is 0 Å². The van der Waals surface area contributed by atoms with Crippen LogP contribution in [0.4, 0.5) is 0 Å². The molecule has 1 nitrogen and oxygen atoms in total. The van der Waals surface area contributed by atoms with E-state index in [0.29, 0.717) is 5.78 Å². The van der Waals surface area contributed by atoms with Crippen molar-refractivity contribution >= 4 is 13.7 Å². The molecule has 0 amide bonds. The third-order valence-electron chi connectivity index (χ3n) is 0.920. The number of ketones is 1. The van der Waals surface area contributed by atoms with Crippen molar-refractivity contribution in [2.24, 2.45) is 0 Å². The van der Waals surface area contributed by atoms with Gasteiger partial charge in [-0.2, -0.15) is 0 Å². The van der Waals surface area contributed by atoms with Crippen molar-refractivity contribution in [3.63, 3.8) is 0 Å². The Labute approximate surface area is 44.2 Å². The average Bonchev–Trinajstić information content (AvgIpc) is 1.87. The molecule has 0 aromatic carbocycles. The van der Waals surface area contributed by atoms with E-state index in [4.69, 9.17) is 0 Å². The van der Waals surface area contributed by atoms with Crippen LogP contribution in [-0.4, -0.2) is 18.6 Å². The fraction of sp³-hybridized carbons (Fsp3) is 0.400. The molecule has 0 aromatic heterocycles. The van der Waals surface area contributed by atoms with Crippen LogP contribution in [0.5, 0.6) is 0 Å². The van der Waals surface area contributed by atoms with Crippen LogP contribution in [0, 0.1) is 0 Å². The number of carbonyl (C=O) groups excluding carboxylic acids is 1. The van der Waals surface area contributed by atoms with E-state index in [1.807, 2.05) is 5.82 Å². The third kappa shape index (κ3) is 1.10. The molecule has 1 rings (SSSR count). The van der Waals surface area contributed by atoms with Crippen LogP contribution >= 0.6 is 7.92 Å². The summed E-state index contributed by atoms with van der Waals surface area (Å²) in [6.45, 7) is 2.11. The van der Waals surface area contributed by atoms with E-state index in [1.165, 1.54) is 0 Å². The molecular formula is C5H7OP. The quantitative estimate of drug-likeness (QED) is 0.432. The molecule has 0 saturated carbocycles. The molecule has 2 heteroatoms. The first-order chi connectivity index (χ1) is 3.29. The van der Waals surface area contributed by atoms with Crippen molar-refractivity contribution in [1.82, 2.24) is 0 Å². The van der Waals surface area contributed by atoms with Gasteiger partial charge in [-0.1, -0.05) is 13.7 Å². The maximum absolute atomic E-state index is 10.4. The first kappa shape index (κ1) is 4.99. The number of carbonyl (C=O) groups is 1. The SMILES string of the molecule is CP1C=CC(=O)C1. The molecule has 0 saturated heterocycles. The summed E-state index contributed by atoms with van der Waals surface area (Å²) in [7, 11) is -0.0345. The molecular weight excluding hydrogens is 107 g/mol. The van der Waals surface area contributed by atoms with Crippen molar-refractivity contribution in [1.29, 1.82) is 0 Å². The summed E-state index contributed by atoms with van der Waals surface area (Å²) in [6.07, 6.45) is 2.47. The van der Waals surface area contributed by atoms with E-state index < -0.39 is 0 Å². The topological polar surface area (TPSA) is 17.1 Å². The Kier molecular flexibility index (Phi) is 1.25. The van der Waals surface area contributed by atoms with Gasteiger partial charge in [-0.15, -0.1) is 0 Å². The normalized spacial score (nSPS) is 29.3. The monoisotopic (exact) mass is 114 g/mol. The molecule has 1 atom stereocenters. The summed E-state index contributed by atoms with van der Waals surface area (Å²) < 4.78 is 0. The summed E-state index contributed by atoms with van der Waals surface area (Å²) in [6, 6.07) is 0. The van der Waals surface area contributed by atoms with Crippen LogP contribution in [0.15, 0.2) is 11.9 Å². The standard InChI is InChI=1S/C5H7OP/c1-7-3-2-5(6)4-7/h2-3H,4H2,1H3. The molecule has 7 heavy (non-hydrogen) atoms. The maximum atomic E-state index is 10.4. The maximum Gasteiger partial charge on any atom is 0.160 e. The lowest BCUT2D eigenvalue weighted by Crippen LogP contribution is -1.88. The number of rotatable bonds is 0. The van der Waals surface area contributed by atoms with E-state index in [-0.39, 0.29) is 7.92 Å². The molecule has 1 aliphatic rings. The van der Waals surface area contributed by atoms with Crippen molar-refractivity contribution < 1.29 is 4.79 Å². The predicted octanol–water partition coefficient (Wildman–Crippen LogP) is 1.19. The summed E-state index contributed by atoms with van der Waals surface area (Å²) >= 11 is 0. The number of allylic oxidation sites excluding steroid dienone is 1. The Morgan fingerprint density at radius 3 is 2.71 bits per heavy atom. The number of hydrogen-bond donors (Lipinski definition) is 0. The van der Waals surface area contributed by atoms with E-state index in [0.717, 1.165) is 6.16 Å². The smallest absolute Gasteiger partial charge is 0.160 e. The second kappa shape index (κ2) is 1.75. The second-order valence-corrected chi connectivity index (χ2v) is 3.83. The van der Waals surface area contributed by atoms with Gasteiger partial charge in [0.25, 0.3) is 0 Å². The Morgan fingerprint density at radius 2 is 2.57 bits per heavy atom. The van der Waals surface area contributed by atoms with E-state index in [2.05, 4.69) is 6.66 Å². The molecule has 1 unspecified atom stereocenters. The highest BCUT2D eigenvalue weighted by Crippen LogP contribution is 2.35. The van der Waals surface area contributed by atoms with Crippen LogP contribution < -0.4 is 0 Å². The second-order valence-electron chi connectivity index (χ2n) is 1.70. The third-order valence-corrected chi connectivity index (χ3v) is 2.39. The van der Waals surface area contributed by atoms with Gasteiger partial charge in [-0.05, 0) is 12.7 Å². The highest BCUT2D eigenvalue weighted by molar-refractivity contribution is 7.61. The molecule has 0 fully saturated rings. The van der Waals surface area contributed by atoms with Crippen molar-refractivity contribution in [2.45, 2.75) is 0 Å². The van der Waals surface area contributed by atoms with E-state index in [9.17, 15) is 4.79 Å². The van der Waals surface area contributed by atoms with Crippen LogP contribution in [0.1, 0.15) is 0 Å². The zero-order valence-corrected chi connectivity index (χ0v) is 5.11. The van der Waals surface area contributed by atoms with Gasteiger partial charge >= 0.3 is 0 Å². The summed E-state index contributed by atoms with van der Waals surface area (Å²) in [5.74, 6) is 2.31. The van der Waals surface area contributed by atoms with Gasteiger partial charge in [-0.25, -0.2) is 0 Å². The molecule has 0 bridgehead atoms. The molecule has 0 N–H and O–H groups in total. The minimum absolute atomic E-state index is 0.0345. The zero-order chi connectivity index (χ0) is 5.28. The van der Waals surface area contributed by atoms with Crippen LogP contribution in [0.25, 0.3) is 0 Å². The van der Waals surface area contributed by atoms with Crippen LogP contribution in [-0.2, 0) is 4.79 Å². The molecule has 38 valence electrons. The molecule has 1 heterocycles. The predicted molar refractivity (Wildman–Crippen MR) is 31.9 cm³/mol. The minimum Gasteiger partial charge on any atom is -0.294 e. The lowest BCUT2D eigenvalue weighted by atomic mass is 10.5. The molecule has 0 aromatic rings. The summed E-state index contributed by atoms with van der Waals surface area (Å²) in [5.41, 5.74) is 0. The molecule has 0 aliphatic carbocycles. The zero-order valence-electron chi connectivity index (χ0n) is 4.22. The fourth-order valence-corrected chi connectivity index (χ4v) is 1.68. The largest absolute Gasteiger partial charge is 0.294 e. The van der Waals surface area contributed by atoms with Gasteiger partial charge in [-0.3, -0.25) is 4.79 Å². The van der Waals surface area contributed by atoms with Crippen molar-refractivity contribution in [2.75, 3.05) is 12.8 Å². The first-order valence-corrected chi connectivity index (χ1v) is 4.24. The Morgan fingerprint density at radius 1 is 1.86 bits per heavy atom. The van der Waals surface area contributed by atoms with Crippen LogP contribution in [0.2, 0.25) is 0 Å². The Balaban J connectivity index is 2.58. The van der Waals surface area contributed by atoms with Gasteiger partial charge in [0.05, 0.1) is 0 Å². The first-order valence-electron chi connectivity index (χ1n) is 2.20. The van der Waals surface area contributed by atoms with Gasteiger partial charge in [0.15, 0.2) is 5.78 Å². The highest BCUT2D eigenvalue weighted by Gasteiger charge is 2.08. The summed E-state index contributed by atoms with van der Waals surface area (Å²) in [5, 5.41) is 0.